The van der Waals surface area contributed by atoms with Crippen LogP contribution in [0.25, 0.3) is 0 Å². The summed E-state index contributed by atoms with van der Waals surface area (Å²) in [6.45, 7) is 2.43. The molecule has 0 aliphatic carbocycles. The summed E-state index contributed by atoms with van der Waals surface area (Å²) in [6.07, 6.45) is -11.0. The molecular formula is C12H15F6N3OS. The lowest BCUT2D eigenvalue weighted by Gasteiger charge is -2.23. The number of carbonyl (C=O) groups excluding carboxylic acids is 1. The second-order valence-electron chi connectivity index (χ2n) is 5.87. The zero-order chi connectivity index (χ0) is 18.1. The van der Waals surface area contributed by atoms with Crippen molar-refractivity contribution in [3.63, 3.8) is 0 Å². The van der Waals surface area contributed by atoms with Crippen molar-refractivity contribution in [2.75, 3.05) is 13.1 Å². The van der Waals surface area contributed by atoms with Gasteiger partial charge in [-0.15, -0.1) is 10.2 Å². The number of nitrogens with zero attached hydrogens (tertiary/aromatic N) is 3. The molecule has 1 aromatic heterocycles. The van der Waals surface area contributed by atoms with Crippen LogP contribution in [0.4, 0.5) is 26.3 Å². The minimum Gasteiger partial charge on any atom is -0.327 e. The maximum atomic E-state index is 12.5. The maximum absolute atomic E-state index is 12.5. The molecule has 0 radical (unpaired) electrons. The van der Waals surface area contributed by atoms with E-state index in [1.54, 1.807) is 20.8 Å². The molecule has 4 nitrogen and oxygen atoms in total. The van der Waals surface area contributed by atoms with Crippen LogP contribution in [0, 0.1) is 0 Å². The van der Waals surface area contributed by atoms with Gasteiger partial charge < -0.3 is 4.90 Å². The van der Waals surface area contributed by atoms with E-state index >= 15 is 0 Å². The Morgan fingerprint density at radius 3 is 2.00 bits per heavy atom. The van der Waals surface area contributed by atoms with Crippen LogP contribution in [-0.2, 0) is 5.41 Å². The monoisotopic (exact) mass is 363 g/mol. The number of halogens is 6. The van der Waals surface area contributed by atoms with Gasteiger partial charge in [-0.25, -0.2) is 0 Å². The van der Waals surface area contributed by atoms with E-state index in [2.05, 4.69) is 10.2 Å². The molecule has 132 valence electrons. The molecule has 0 spiro atoms. The SMILES string of the molecule is CC(C)(C)c1nnc(C(=O)N(CCC(F)(F)F)CC(F)(F)F)s1. The molecule has 0 N–H and O–H groups in total. The molecule has 0 saturated heterocycles. The standard InChI is InChI=1S/C12H15F6N3OS/c1-10(2,3)9-20-19-7(23-9)8(22)21(6-12(16,17)18)5-4-11(13,14)15/h4-6H2,1-3H3. The van der Waals surface area contributed by atoms with E-state index in [1.807, 2.05) is 0 Å². The van der Waals surface area contributed by atoms with Gasteiger partial charge in [-0.3, -0.25) is 4.79 Å². The lowest BCUT2D eigenvalue weighted by molar-refractivity contribution is -0.155. The fourth-order valence-electron chi connectivity index (χ4n) is 1.48. The Morgan fingerprint density at radius 2 is 1.61 bits per heavy atom. The maximum Gasteiger partial charge on any atom is 0.406 e. The van der Waals surface area contributed by atoms with Gasteiger partial charge in [-0.05, 0) is 0 Å². The van der Waals surface area contributed by atoms with E-state index in [9.17, 15) is 31.1 Å². The molecule has 1 heterocycles. The zero-order valence-corrected chi connectivity index (χ0v) is 13.4. The fraction of sp³-hybridized carbons (Fsp3) is 0.750. The first-order valence-electron chi connectivity index (χ1n) is 6.46. The van der Waals surface area contributed by atoms with Crippen molar-refractivity contribution in [2.24, 2.45) is 0 Å². The molecule has 0 aromatic carbocycles. The summed E-state index contributed by atoms with van der Waals surface area (Å²) in [5, 5.41) is 7.27. The summed E-state index contributed by atoms with van der Waals surface area (Å²) in [5.41, 5.74) is -0.475. The Morgan fingerprint density at radius 1 is 1.04 bits per heavy atom. The molecule has 0 unspecified atom stereocenters. The zero-order valence-electron chi connectivity index (χ0n) is 12.5. The van der Waals surface area contributed by atoms with Crippen molar-refractivity contribution in [3.05, 3.63) is 10.0 Å². The largest absolute Gasteiger partial charge is 0.406 e. The molecule has 23 heavy (non-hydrogen) atoms. The van der Waals surface area contributed by atoms with E-state index in [1.165, 1.54) is 0 Å². The number of rotatable bonds is 4. The molecule has 1 aromatic rings. The van der Waals surface area contributed by atoms with Gasteiger partial charge in [0.25, 0.3) is 5.91 Å². The van der Waals surface area contributed by atoms with Crippen molar-refractivity contribution >= 4 is 17.2 Å². The van der Waals surface area contributed by atoms with E-state index in [4.69, 9.17) is 0 Å². The van der Waals surface area contributed by atoms with Gasteiger partial charge in [-0.2, -0.15) is 26.3 Å². The van der Waals surface area contributed by atoms with Crippen LogP contribution >= 0.6 is 11.3 Å². The molecular weight excluding hydrogens is 348 g/mol. The summed E-state index contributed by atoms with van der Waals surface area (Å²) in [4.78, 5) is 12.1. The third-order valence-electron chi connectivity index (χ3n) is 2.57. The lowest BCUT2D eigenvalue weighted by Crippen LogP contribution is -2.40. The summed E-state index contributed by atoms with van der Waals surface area (Å²) in [7, 11) is 0. The Hall–Kier alpha value is -1.39. The van der Waals surface area contributed by atoms with Crippen LogP contribution in [0.15, 0.2) is 0 Å². The molecule has 0 saturated carbocycles. The summed E-state index contributed by atoms with van der Waals surface area (Å²) in [5.74, 6) is -1.21. The minimum atomic E-state index is -4.81. The highest BCUT2D eigenvalue weighted by atomic mass is 32.1. The van der Waals surface area contributed by atoms with Gasteiger partial charge in [0.1, 0.15) is 11.6 Å². The number of amides is 1. The van der Waals surface area contributed by atoms with Gasteiger partial charge in [0.15, 0.2) is 0 Å². The molecule has 0 fully saturated rings. The van der Waals surface area contributed by atoms with Crippen molar-refractivity contribution < 1.29 is 31.1 Å². The number of aromatic nitrogens is 2. The number of carbonyl (C=O) groups is 1. The van der Waals surface area contributed by atoms with Crippen LogP contribution in [0.3, 0.4) is 0 Å². The number of hydrogen-bond donors (Lipinski definition) is 0. The summed E-state index contributed by atoms with van der Waals surface area (Å²) < 4.78 is 74.2. The van der Waals surface area contributed by atoms with Crippen molar-refractivity contribution in [2.45, 2.75) is 45.0 Å². The number of hydrogen-bond acceptors (Lipinski definition) is 4. The lowest BCUT2D eigenvalue weighted by atomic mass is 9.98. The van der Waals surface area contributed by atoms with Crippen molar-refractivity contribution in [1.29, 1.82) is 0 Å². The van der Waals surface area contributed by atoms with Crippen molar-refractivity contribution in [1.82, 2.24) is 15.1 Å². The van der Waals surface area contributed by atoms with Crippen LogP contribution < -0.4 is 0 Å². The molecule has 11 heteroatoms. The highest BCUT2D eigenvalue weighted by molar-refractivity contribution is 7.13. The van der Waals surface area contributed by atoms with Gasteiger partial charge in [0, 0.05) is 12.0 Å². The van der Waals surface area contributed by atoms with Gasteiger partial charge in [-0.1, -0.05) is 32.1 Å². The first kappa shape index (κ1) is 19.7. The minimum absolute atomic E-state index is 0.0977. The fourth-order valence-corrected chi connectivity index (χ4v) is 2.35. The van der Waals surface area contributed by atoms with Gasteiger partial charge >= 0.3 is 12.4 Å². The third kappa shape index (κ3) is 6.71. The predicted molar refractivity (Wildman–Crippen MR) is 71.2 cm³/mol. The molecule has 0 aliphatic heterocycles. The highest BCUT2D eigenvalue weighted by Crippen LogP contribution is 2.27. The summed E-state index contributed by atoms with van der Waals surface area (Å²) in [6, 6.07) is 0. The topological polar surface area (TPSA) is 46.1 Å². The molecule has 1 amide bonds. The smallest absolute Gasteiger partial charge is 0.327 e. The van der Waals surface area contributed by atoms with Crippen LogP contribution in [0.5, 0.6) is 0 Å². The average molecular weight is 363 g/mol. The van der Waals surface area contributed by atoms with Crippen molar-refractivity contribution in [3.8, 4) is 0 Å². The highest BCUT2D eigenvalue weighted by Gasteiger charge is 2.37. The molecule has 0 aliphatic rings. The second-order valence-corrected chi connectivity index (χ2v) is 6.85. The normalized spacial score (nSPS) is 13.3. The van der Waals surface area contributed by atoms with E-state index < -0.39 is 43.2 Å². The Labute approximate surface area is 132 Å². The Balaban J connectivity index is 2.96. The quantitative estimate of drug-likeness (QED) is 0.765. The summed E-state index contributed by atoms with van der Waals surface area (Å²) >= 11 is 0.774. The Kier molecular flexibility index (Phi) is 5.65. The first-order valence-corrected chi connectivity index (χ1v) is 7.27. The second kappa shape index (κ2) is 6.62. The van der Waals surface area contributed by atoms with E-state index in [0.29, 0.717) is 5.01 Å². The average Bonchev–Trinajstić information content (AvgIpc) is 2.80. The van der Waals surface area contributed by atoms with E-state index in [-0.39, 0.29) is 9.91 Å². The van der Waals surface area contributed by atoms with Gasteiger partial charge in [0.2, 0.25) is 5.01 Å². The predicted octanol–water partition coefficient (Wildman–Crippen LogP) is 3.79. The first-order chi connectivity index (χ1) is 10.2. The molecule has 0 bridgehead atoms. The Bertz CT molecular complexity index is 546. The molecule has 1 rings (SSSR count). The van der Waals surface area contributed by atoms with Crippen LogP contribution in [-0.4, -0.2) is 46.4 Å². The third-order valence-corrected chi connectivity index (χ3v) is 3.91. The van der Waals surface area contributed by atoms with Crippen LogP contribution in [0.1, 0.15) is 42.0 Å². The van der Waals surface area contributed by atoms with E-state index in [0.717, 1.165) is 11.3 Å². The van der Waals surface area contributed by atoms with Gasteiger partial charge in [0.05, 0.1) is 6.42 Å². The molecule has 0 atom stereocenters. The van der Waals surface area contributed by atoms with Crippen LogP contribution in [0.2, 0.25) is 0 Å². The number of alkyl halides is 6.